The summed E-state index contributed by atoms with van der Waals surface area (Å²) >= 11 is 0. The molecule has 1 rings (SSSR count). The molecule has 0 unspecified atom stereocenters. The Hall–Kier alpha value is -1.51. The number of aryl methyl sites for hydroxylation is 1. The lowest BCUT2D eigenvalue weighted by molar-refractivity contribution is 0.228. The molecule has 0 saturated heterocycles. The third-order valence-electron chi connectivity index (χ3n) is 3.15. The summed E-state index contributed by atoms with van der Waals surface area (Å²) in [5.74, 6) is 0. The van der Waals surface area contributed by atoms with Crippen molar-refractivity contribution in [3.8, 4) is 0 Å². The van der Waals surface area contributed by atoms with Gasteiger partial charge in [-0.15, -0.1) is 0 Å². The van der Waals surface area contributed by atoms with Crippen LogP contribution in [0.15, 0.2) is 30.3 Å². The molecule has 2 amide bonds. The van der Waals surface area contributed by atoms with E-state index in [0.717, 1.165) is 32.2 Å². The highest BCUT2D eigenvalue weighted by Gasteiger charge is 2.19. The van der Waals surface area contributed by atoms with Gasteiger partial charge < -0.3 is 10.6 Å². The summed E-state index contributed by atoms with van der Waals surface area (Å²) in [7, 11) is 0. The Balaban J connectivity index is 2.32. The number of nitrogens with one attached hydrogen (secondary N) is 2. The fourth-order valence-corrected chi connectivity index (χ4v) is 1.89. The van der Waals surface area contributed by atoms with Crippen LogP contribution in [0.2, 0.25) is 0 Å². The van der Waals surface area contributed by atoms with E-state index in [2.05, 4.69) is 43.5 Å². The van der Waals surface area contributed by atoms with Crippen LogP contribution in [0.25, 0.3) is 0 Å². The molecule has 1 aromatic carbocycles. The van der Waals surface area contributed by atoms with Gasteiger partial charge >= 0.3 is 6.03 Å². The Morgan fingerprint density at radius 1 is 1.21 bits per heavy atom. The SMILES string of the molecule is CCCCNC(=O)NC(C)(C)CCc1ccccc1. The minimum absolute atomic E-state index is 0.0634. The summed E-state index contributed by atoms with van der Waals surface area (Å²) in [4.78, 5) is 11.7. The maximum atomic E-state index is 11.7. The summed E-state index contributed by atoms with van der Waals surface area (Å²) in [6, 6.07) is 10.3. The Labute approximate surface area is 116 Å². The predicted octanol–water partition coefficient (Wildman–Crippen LogP) is 3.50. The standard InChI is InChI=1S/C16H26N2O/c1-4-5-13-17-15(19)18-16(2,3)12-11-14-9-7-6-8-10-14/h6-10H,4-5,11-13H2,1-3H3,(H2,17,18,19). The fourth-order valence-electron chi connectivity index (χ4n) is 1.89. The first-order chi connectivity index (χ1) is 9.03. The molecule has 3 nitrogen and oxygen atoms in total. The van der Waals surface area contributed by atoms with Crippen LogP contribution in [0, 0.1) is 0 Å². The van der Waals surface area contributed by atoms with E-state index in [1.54, 1.807) is 0 Å². The van der Waals surface area contributed by atoms with E-state index in [1.165, 1.54) is 5.56 Å². The van der Waals surface area contributed by atoms with Gasteiger partial charge in [-0.25, -0.2) is 4.79 Å². The zero-order valence-electron chi connectivity index (χ0n) is 12.3. The molecule has 0 aromatic heterocycles. The zero-order chi connectivity index (χ0) is 14.1. The van der Waals surface area contributed by atoms with Crippen molar-refractivity contribution in [1.29, 1.82) is 0 Å². The average Bonchev–Trinajstić information content (AvgIpc) is 2.37. The molecule has 0 aliphatic carbocycles. The first-order valence-electron chi connectivity index (χ1n) is 7.13. The van der Waals surface area contributed by atoms with Crippen molar-refractivity contribution in [3.05, 3.63) is 35.9 Å². The van der Waals surface area contributed by atoms with Crippen molar-refractivity contribution in [2.45, 2.75) is 52.0 Å². The number of benzene rings is 1. The number of carbonyl (C=O) groups is 1. The number of urea groups is 1. The third-order valence-corrected chi connectivity index (χ3v) is 3.15. The van der Waals surface area contributed by atoms with Gasteiger partial charge in [0.2, 0.25) is 0 Å². The highest BCUT2D eigenvalue weighted by atomic mass is 16.2. The molecular weight excluding hydrogens is 236 g/mol. The number of unbranched alkanes of at least 4 members (excludes halogenated alkanes) is 1. The van der Waals surface area contributed by atoms with Crippen molar-refractivity contribution < 1.29 is 4.79 Å². The molecule has 1 aromatic rings. The molecule has 0 fully saturated rings. The van der Waals surface area contributed by atoms with Gasteiger partial charge in [-0.3, -0.25) is 0 Å². The molecule has 0 radical (unpaired) electrons. The Kier molecular flexibility index (Phi) is 6.40. The van der Waals surface area contributed by atoms with Gasteiger partial charge in [0, 0.05) is 12.1 Å². The lowest BCUT2D eigenvalue weighted by Crippen LogP contribution is -2.48. The van der Waals surface area contributed by atoms with Crippen LogP contribution in [0.5, 0.6) is 0 Å². The smallest absolute Gasteiger partial charge is 0.315 e. The van der Waals surface area contributed by atoms with Gasteiger partial charge in [-0.05, 0) is 38.7 Å². The zero-order valence-corrected chi connectivity index (χ0v) is 12.3. The van der Waals surface area contributed by atoms with Gasteiger partial charge in [0.1, 0.15) is 0 Å². The van der Waals surface area contributed by atoms with Crippen LogP contribution in [0.1, 0.15) is 45.6 Å². The molecule has 106 valence electrons. The number of amides is 2. The molecule has 0 aliphatic heterocycles. The first kappa shape index (κ1) is 15.5. The highest BCUT2D eigenvalue weighted by molar-refractivity contribution is 5.74. The van der Waals surface area contributed by atoms with Gasteiger partial charge in [-0.1, -0.05) is 43.7 Å². The third kappa shape index (κ3) is 6.85. The maximum Gasteiger partial charge on any atom is 0.315 e. The summed E-state index contributed by atoms with van der Waals surface area (Å²) < 4.78 is 0. The number of hydrogen-bond donors (Lipinski definition) is 2. The highest BCUT2D eigenvalue weighted by Crippen LogP contribution is 2.13. The van der Waals surface area contributed by atoms with Crippen molar-refractivity contribution in [2.75, 3.05) is 6.54 Å². The molecule has 0 bridgehead atoms. The molecule has 0 saturated carbocycles. The molecule has 0 heterocycles. The van der Waals surface area contributed by atoms with Gasteiger partial charge in [-0.2, -0.15) is 0 Å². The Bertz CT molecular complexity index is 374. The quantitative estimate of drug-likeness (QED) is 0.726. The largest absolute Gasteiger partial charge is 0.338 e. The minimum Gasteiger partial charge on any atom is -0.338 e. The van der Waals surface area contributed by atoms with E-state index in [-0.39, 0.29) is 11.6 Å². The molecule has 19 heavy (non-hydrogen) atoms. The van der Waals surface area contributed by atoms with E-state index in [9.17, 15) is 4.79 Å². The molecule has 0 aliphatic rings. The van der Waals surface area contributed by atoms with Crippen molar-refractivity contribution in [1.82, 2.24) is 10.6 Å². The normalized spacial score (nSPS) is 11.1. The number of carbonyl (C=O) groups excluding carboxylic acids is 1. The van der Waals surface area contributed by atoms with Crippen molar-refractivity contribution in [3.63, 3.8) is 0 Å². The average molecular weight is 262 g/mol. The van der Waals surface area contributed by atoms with Crippen LogP contribution in [-0.2, 0) is 6.42 Å². The fraction of sp³-hybridized carbons (Fsp3) is 0.562. The van der Waals surface area contributed by atoms with Crippen molar-refractivity contribution in [2.24, 2.45) is 0 Å². The molecule has 2 N–H and O–H groups in total. The summed E-state index contributed by atoms with van der Waals surface area (Å²) in [5.41, 5.74) is 1.12. The monoisotopic (exact) mass is 262 g/mol. The minimum atomic E-state index is -0.188. The summed E-state index contributed by atoms with van der Waals surface area (Å²) in [5, 5.41) is 5.92. The number of rotatable bonds is 7. The second kappa shape index (κ2) is 7.82. The lowest BCUT2D eigenvalue weighted by atomic mass is 9.95. The van der Waals surface area contributed by atoms with E-state index >= 15 is 0 Å². The van der Waals surface area contributed by atoms with Crippen LogP contribution in [0.4, 0.5) is 4.79 Å². The van der Waals surface area contributed by atoms with Crippen LogP contribution in [-0.4, -0.2) is 18.1 Å². The van der Waals surface area contributed by atoms with E-state index in [4.69, 9.17) is 0 Å². The van der Waals surface area contributed by atoms with E-state index in [0.29, 0.717) is 0 Å². The molecule has 0 atom stereocenters. The van der Waals surface area contributed by atoms with Crippen LogP contribution >= 0.6 is 0 Å². The second-order valence-corrected chi connectivity index (χ2v) is 5.60. The van der Waals surface area contributed by atoms with E-state index < -0.39 is 0 Å². The second-order valence-electron chi connectivity index (χ2n) is 5.60. The molecular formula is C16H26N2O. The Morgan fingerprint density at radius 2 is 1.89 bits per heavy atom. The molecule has 3 heteroatoms. The van der Waals surface area contributed by atoms with Crippen LogP contribution in [0.3, 0.4) is 0 Å². The first-order valence-corrected chi connectivity index (χ1v) is 7.13. The van der Waals surface area contributed by atoms with Gasteiger partial charge in [0.15, 0.2) is 0 Å². The molecule has 0 spiro atoms. The summed E-state index contributed by atoms with van der Waals surface area (Å²) in [6.07, 6.45) is 4.02. The van der Waals surface area contributed by atoms with Crippen molar-refractivity contribution >= 4 is 6.03 Å². The summed E-state index contributed by atoms with van der Waals surface area (Å²) in [6.45, 7) is 6.99. The predicted molar refractivity (Wildman–Crippen MR) is 80.3 cm³/mol. The van der Waals surface area contributed by atoms with Crippen LogP contribution < -0.4 is 10.6 Å². The van der Waals surface area contributed by atoms with Gasteiger partial charge in [0.25, 0.3) is 0 Å². The van der Waals surface area contributed by atoms with Gasteiger partial charge in [0.05, 0.1) is 0 Å². The van der Waals surface area contributed by atoms with E-state index in [1.807, 2.05) is 18.2 Å². The Morgan fingerprint density at radius 3 is 2.53 bits per heavy atom. The number of hydrogen-bond acceptors (Lipinski definition) is 1. The maximum absolute atomic E-state index is 11.7. The lowest BCUT2D eigenvalue weighted by Gasteiger charge is -2.26. The topological polar surface area (TPSA) is 41.1 Å².